The molecular formula is C20H21NO3. The van der Waals surface area contributed by atoms with Gasteiger partial charge >= 0.3 is 0 Å². The molecule has 3 rings (SSSR count). The smallest absolute Gasteiger partial charge is 0.254 e. The van der Waals surface area contributed by atoms with E-state index in [1.807, 2.05) is 32.0 Å². The Morgan fingerprint density at radius 3 is 2.21 bits per heavy atom. The highest BCUT2D eigenvalue weighted by Gasteiger charge is 2.33. The van der Waals surface area contributed by atoms with Crippen molar-refractivity contribution in [1.29, 1.82) is 0 Å². The number of carbonyl (C=O) groups is 2. The van der Waals surface area contributed by atoms with E-state index < -0.39 is 0 Å². The summed E-state index contributed by atoms with van der Waals surface area (Å²) < 4.78 is 6.04. The van der Waals surface area contributed by atoms with Crippen LogP contribution in [0.1, 0.15) is 38.8 Å². The Morgan fingerprint density at radius 2 is 1.58 bits per heavy atom. The first-order chi connectivity index (χ1) is 11.5. The van der Waals surface area contributed by atoms with Crippen LogP contribution in [-0.2, 0) is 0 Å². The van der Waals surface area contributed by atoms with E-state index in [2.05, 4.69) is 0 Å². The number of hydrogen-bond acceptors (Lipinski definition) is 3. The van der Waals surface area contributed by atoms with Gasteiger partial charge in [0.15, 0.2) is 5.78 Å². The number of amides is 1. The van der Waals surface area contributed by atoms with Crippen LogP contribution in [0.25, 0.3) is 0 Å². The molecule has 0 radical (unpaired) electrons. The molecule has 1 amide bonds. The lowest BCUT2D eigenvalue weighted by atomic mass is 10.0. The second-order valence-corrected chi connectivity index (χ2v) is 6.31. The number of Topliss-reactive ketones (excluding diaryl/α,β-unsaturated/α-hetero) is 1. The first-order valence-electron chi connectivity index (χ1n) is 8.09. The molecule has 1 fully saturated rings. The van der Waals surface area contributed by atoms with Crippen molar-refractivity contribution in [3.8, 4) is 5.75 Å². The zero-order valence-electron chi connectivity index (χ0n) is 14.2. The van der Waals surface area contributed by atoms with Crippen LogP contribution < -0.4 is 4.74 Å². The van der Waals surface area contributed by atoms with Crippen molar-refractivity contribution < 1.29 is 14.3 Å². The fourth-order valence-electron chi connectivity index (χ4n) is 2.88. The molecule has 124 valence electrons. The van der Waals surface area contributed by atoms with Crippen molar-refractivity contribution in [2.75, 3.05) is 13.1 Å². The topological polar surface area (TPSA) is 46.6 Å². The SMILES string of the molecule is CC(=O)c1cccc(C(=O)N2CC(Oc3c(C)cccc3C)C2)c1. The summed E-state index contributed by atoms with van der Waals surface area (Å²) in [5.74, 6) is 0.817. The fourth-order valence-corrected chi connectivity index (χ4v) is 2.88. The van der Waals surface area contributed by atoms with E-state index in [9.17, 15) is 9.59 Å². The summed E-state index contributed by atoms with van der Waals surface area (Å²) in [6.07, 6.45) is 0.0183. The first-order valence-corrected chi connectivity index (χ1v) is 8.09. The van der Waals surface area contributed by atoms with Crippen LogP contribution in [0.2, 0.25) is 0 Å². The number of para-hydroxylation sites is 1. The quantitative estimate of drug-likeness (QED) is 0.810. The average molecular weight is 323 g/mol. The van der Waals surface area contributed by atoms with Crippen molar-refractivity contribution in [3.63, 3.8) is 0 Å². The lowest BCUT2D eigenvalue weighted by molar-refractivity contribution is 0.0173. The lowest BCUT2D eigenvalue weighted by Crippen LogP contribution is -2.56. The van der Waals surface area contributed by atoms with Gasteiger partial charge in [0.25, 0.3) is 5.91 Å². The van der Waals surface area contributed by atoms with Gasteiger partial charge in [0.2, 0.25) is 0 Å². The van der Waals surface area contributed by atoms with Crippen molar-refractivity contribution in [2.45, 2.75) is 26.9 Å². The minimum Gasteiger partial charge on any atom is -0.486 e. The maximum atomic E-state index is 12.5. The molecule has 1 heterocycles. The Morgan fingerprint density at radius 1 is 1.00 bits per heavy atom. The van der Waals surface area contributed by atoms with Gasteiger partial charge in [0.05, 0.1) is 13.1 Å². The molecule has 0 N–H and O–H groups in total. The molecule has 0 atom stereocenters. The molecule has 0 aliphatic carbocycles. The Labute approximate surface area is 142 Å². The normalized spacial score (nSPS) is 14.2. The molecule has 2 aromatic rings. The molecule has 0 bridgehead atoms. The van der Waals surface area contributed by atoms with E-state index in [0.717, 1.165) is 16.9 Å². The Hall–Kier alpha value is -2.62. The third-order valence-corrected chi connectivity index (χ3v) is 4.34. The Bertz CT molecular complexity index is 771. The van der Waals surface area contributed by atoms with Crippen molar-refractivity contribution >= 4 is 11.7 Å². The summed E-state index contributed by atoms with van der Waals surface area (Å²) in [5.41, 5.74) is 3.32. The van der Waals surface area contributed by atoms with Gasteiger partial charge in [0, 0.05) is 11.1 Å². The van der Waals surface area contributed by atoms with Gasteiger partial charge in [-0.1, -0.05) is 30.3 Å². The molecule has 2 aromatic carbocycles. The van der Waals surface area contributed by atoms with Gasteiger partial charge in [-0.15, -0.1) is 0 Å². The maximum absolute atomic E-state index is 12.5. The second-order valence-electron chi connectivity index (χ2n) is 6.31. The highest BCUT2D eigenvalue weighted by atomic mass is 16.5. The molecule has 0 spiro atoms. The van der Waals surface area contributed by atoms with Crippen LogP contribution in [0.4, 0.5) is 0 Å². The van der Waals surface area contributed by atoms with Crippen molar-refractivity contribution in [2.24, 2.45) is 0 Å². The molecule has 4 heteroatoms. The molecule has 0 unspecified atom stereocenters. The summed E-state index contributed by atoms with van der Waals surface area (Å²) in [5, 5.41) is 0. The second kappa shape index (κ2) is 6.48. The number of ketones is 1. The van der Waals surface area contributed by atoms with Crippen LogP contribution in [0, 0.1) is 13.8 Å². The number of carbonyl (C=O) groups excluding carboxylic acids is 2. The van der Waals surface area contributed by atoms with E-state index in [1.54, 1.807) is 29.2 Å². The third kappa shape index (κ3) is 3.18. The average Bonchev–Trinajstić information content (AvgIpc) is 2.52. The molecular weight excluding hydrogens is 302 g/mol. The van der Waals surface area contributed by atoms with Gasteiger partial charge in [0.1, 0.15) is 11.9 Å². The van der Waals surface area contributed by atoms with Crippen molar-refractivity contribution in [1.82, 2.24) is 4.90 Å². The minimum atomic E-state index is -0.0561. The lowest BCUT2D eigenvalue weighted by Gasteiger charge is -2.39. The van der Waals surface area contributed by atoms with E-state index in [4.69, 9.17) is 4.74 Å². The Kier molecular flexibility index (Phi) is 4.38. The van der Waals surface area contributed by atoms with E-state index >= 15 is 0 Å². The molecule has 24 heavy (non-hydrogen) atoms. The number of aryl methyl sites for hydroxylation is 2. The minimum absolute atomic E-state index is 0.0183. The molecule has 1 aliphatic heterocycles. The predicted octanol–water partition coefficient (Wildman–Crippen LogP) is 3.41. The van der Waals surface area contributed by atoms with Gasteiger partial charge < -0.3 is 9.64 Å². The number of ether oxygens (including phenoxy) is 1. The highest BCUT2D eigenvalue weighted by molar-refractivity contribution is 5.99. The van der Waals surface area contributed by atoms with Crippen molar-refractivity contribution in [3.05, 3.63) is 64.7 Å². The number of hydrogen-bond donors (Lipinski definition) is 0. The summed E-state index contributed by atoms with van der Waals surface area (Å²) in [7, 11) is 0. The largest absolute Gasteiger partial charge is 0.486 e. The predicted molar refractivity (Wildman–Crippen MR) is 92.7 cm³/mol. The third-order valence-electron chi connectivity index (χ3n) is 4.34. The summed E-state index contributed by atoms with van der Waals surface area (Å²) >= 11 is 0. The summed E-state index contributed by atoms with van der Waals surface area (Å²) in [6.45, 7) is 6.68. The first kappa shape index (κ1) is 16.2. The van der Waals surface area contributed by atoms with Crippen LogP contribution in [0.15, 0.2) is 42.5 Å². The van der Waals surface area contributed by atoms with Crippen LogP contribution >= 0.6 is 0 Å². The maximum Gasteiger partial charge on any atom is 0.254 e. The summed E-state index contributed by atoms with van der Waals surface area (Å²) in [4.78, 5) is 25.7. The van der Waals surface area contributed by atoms with Crippen LogP contribution in [0.3, 0.4) is 0 Å². The van der Waals surface area contributed by atoms with Crippen LogP contribution in [0.5, 0.6) is 5.75 Å². The molecule has 0 aromatic heterocycles. The standard InChI is InChI=1S/C20H21NO3/c1-13-6-4-7-14(2)19(13)24-18-11-21(12-18)20(23)17-9-5-8-16(10-17)15(3)22/h4-10,18H,11-12H2,1-3H3. The number of likely N-dealkylation sites (tertiary alicyclic amines) is 1. The number of benzene rings is 2. The Balaban J connectivity index is 1.63. The zero-order valence-corrected chi connectivity index (χ0v) is 14.2. The summed E-state index contributed by atoms with van der Waals surface area (Å²) in [6, 6.07) is 12.9. The molecule has 1 saturated heterocycles. The highest BCUT2D eigenvalue weighted by Crippen LogP contribution is 2.26. The fraction of sp³-hybridized carbons (Fsp3) is 0.300. The van der Waals surface area contributed by atoms with Gasteiger partial charge in [-0.3, -0.25) is 9.59 Å². The van der Waals surface area contributed by atoms with Crippen LogP contribution in [-0.4, -0.2) is 35.8 Å². The zero-order chi connectivity index (χ0) is 17.3. The van der Waals surface area contributed by atoms with Gasteiger partial charge in [-0.05, 0) is 44.0 Å². The van der Waals surface area contributed by atoms with E-state index in [1.165, 1.54) is 6.92 Å². The van der Waals surface area contributed by atoms with E-state index in [0.29, 0.717) is 24.2 Å². The van der Waals surface area contributed by atoms with Gasteiger partial charge in [-0.2, -0.15) is 0 Å². The van der Waals surface area contributed by atoms with Gasteiger partial charge in [-0.25, -0.2) is 0 Å². The number of rotatable bonds is 4. The van der Waals surface area contributed by atoms with E-state index in [-0.39, 0.29) is 17.8 Å². The molecule has 4 nitrogen and oxygen atoms in total. The molecule has 1 aliphatic rings. The number of nitrogens with zero attached hydrogens (tertiary/aromatic N) is 1. The molecule has 0 saturated carbocycles. The monoisotopic (exact) mass is 323 g/mol.